The van der Waals surface area contributed by atoms with Gasteiger partial charge < -0.3 is 10.4 Å². The van der Waals surface area contributed by atoms with Gasteiger partial charge in [0.25, 0.3) is 5.91 Å². The fraction of sp³-hybridized carbons (Fsp3) is 0.235. The number of rotatable bonds is 6. The Morgan fingerprint density at radius 1 is 1.18 bits per heavy atom. The minimum Gasteiger partial charge on any atom is -0.481 e. The molecule has 2 N–H and O–H groups in total. The predicted molar refractivity (Wildman–Crippen MR) is 82.6 cm³/mol. The third kappa shape index (κ3) is 4.15. The lowest BCUT2D eigenvalue weighted by Gasteiger charge is -2.15. The van der Waals surface area contributed by atoms with Crippen LogP contribution in [0.4, 0.5) is 0 Å². The number of hydrogen-bond acceptors (Lipinski definition) is 3. The summed E-state index contributed by atoms with van der Waals surface area (Å²) in [5.74, 6) is -1.87. The number of pyridine rings is 1. The molecule has 1 amide bonds. The van der Waals surface area contributed by atoms with Crippen molar-refractivity contribution < 1.29 is 14.7 Å². The Bertz CT molecular complexity index is 656. The van der Waals surface area contributed by atoms with Gasteiger partial charge in [-0.15, -0.1) is 0 Å². The van der Waals surface area contributed by atoms with Gasteiger partial charge in [0.2, 0.25) is 0 Å². The van der Waals surface area contributed by atoms with Crippen molar-refractivity contribution in [1.29, 1.82) is 0 Å². The molecule has 22 heavy (non-hydrogen) atoms. The maximum atomic E-state index is 12.0. The fourth-order valence-corrected chi connectivity index (χ4v) is 2.17. The van der Waals surface area contributed by atoms with Gasteiger partial charge in [-0.05, 0) is 36.6 Å². The molecule has 1 unspecified atom stereocenters. The van der Waals surface area contributed by atoms with Crippen molar-refractivity contribution in [2.75, 3.05) is 6.54 Å². The standard InChI is InChI=1S/C17H18N2O3/c1-12-4-2-3-5-14(12)10-15(17(21)22)11-19-16(20)13-6-8-18-9-7-13/h2-9,15H,10-11H2,1H3,(H,19,20)(H,21,22). The van der Waals surface area contributed by atoms with Crippen molar-refractivity contribution >= 4 is 11.9 Å². The molecule has 0 fully saturated rings. The topological polar surface area (TPSA) is 79.3 Å². The zero-order valence-electron chi connectivity index (χ0n) is 12.3. The number of nitrogens with one attached hydrogen (secondary N) is 1. The third-order valence-electron chi connectivity index (χ3n) is 3.53. The summed E-state index contributed by atoms with van der Waals surface area (Å²) in [5.41, 5.74) is 2.50. The van der Waals surface area contributed by atoms with E-state index in [4.69, 9.17) is 0 Å². The van der Waals surface area contributed by atoms with Crippen LogP contribution in [0.1, 0.15) is 21.5 Å². The SMILES string of the molecule is Cc1ccccc1CC(CNC(=O)c1ccncc1)C(=O)O. The highest BCUT2D eigenvalue weighted by Crippen LogP contribution is 2.13. The Morgan fingerprint density at radius 2 is 1.86 bits per heavy atom. The summed E-state index contributed by atoms with van der Waals surface area (Å²) in [4.78, 5) is 27.2. The first-order chi connectivity index (χ1) is 10.6. The van der Waals surface area contributed by atoms with Crippen molar-refractivity contribution in [2.24, 2.45) is 5.92 Å². The van der Waals surface area contributed by atoms with E-state index in [1.807, 2.05) is 31.2 Å². The van der Waals surface area contributed by atoms with Gasteiger partial charge in [-0.2, -0.15) is 0 Å². The Hall–Kier alpha value is -2.69. The molecule has 1 aromatic carbocycles. The van der Waals surface area contributed by atoms with Crippen LogP contribution < -0.4 is 5.32 Å². The molecule has 2 rings (SSSR count). The maximum absolute atomic E-state index is 12.0. The number of amides is 1. The van der Waals surface area contributed by atoms with Crippen LogP contribution in [0.2, 0.25) is 0 Å². The summed E-state index contributed by atoms with van der Waals surface area (Å²) in [5, 5.41) is 12.0. The highest BCUT2D eigenvalue weighted by molar-refractivity contribution is 5.94. The molecule has 0 saturated heterocycles. The molecule has 1 atom stereocenters. The molecule has 2 aromatic rings. The van der Waals surface area contributed by atoms with E-state index in [1.165, 1.54) is 12.4 Å². The monoisotopic (exact) mass is 298 g/mol. The van der Waals surface area contributed by atoms with Crippen LogP contribution in [0.25, 0.3) is 0 Å². The smallest absolute Gasteiger partial charge is 0.308 e. The summed E-state index contributed by atoms with van der Waals surface area (Å²) < 4.78 is 0. The number of aliphatic carboxylic acids is 1. The molecule has 0 saturated carbocycles. The van der Waals surface area contributed by atoms with E-state index in [9.17, 15) is 14.7 Å². The summed E-state index contributed by atoms with van der Waals surface area (Å²) >= 11 is 0. The van der Waals surface area contributed by atoms with Crippen molar-refractivity contribution in [3.8, 4) is 0 Å². The molecule has 0 radical (unpaired) electrons. The van der Waals surface area contributed by atoms with Crippen molar-refractivity contribution in [2.45, 2.75) is 13.3 Å². The average molecular weight is 298 g/mol. The molecule has 1 aromatic heterocycles. The minimum atomic E-state index is -0.918. The van der Waals surface area contributed by atoms with Crippen LogP contribution in [-0.4, -0.2) is 28.5 Å². The van der Waals surface area contributed by atoms with Crippen LogP contribution in [0.3, 0.4) is 0 Å². The molecule has 114 valence electrons. The molecule has 0 bridgehead atoms. The van der Waals surface area contributed by atoms with Gasteiger partial charge in [0.05, 0.1) is 5.92 Å². The predicted octanol–water partition coefficient (Wildman–Crippen LogP) is 2.06. The first kappa shape index (κ1) is 15.7. The number of aromatic nitrogens is 1. The number of benzene rings is 1. The number of carboxylic acid groups (broad SMARTS) is 1. The molecule has 0 aliphatic carbocycles. The number of nitrogens with zero attached hydrogens (tertiary/aromatic N) is 1. The quantitative estimate of drug-likeness (QED) is 0.855. The summed E-state index contributed by atoms with van der Waals surface area (Å²) in [7, 11) is 0. The second kappa shape index (κ2) is 7.36. The zero-order valence-corrected chi connectivity index (χ0v) is 12.3. The van der Waals surface area contributed by atoms with Crippen molar-refractivity contribution in [1.82, 2.24) is 10.3 Å². The van der Waals surface area contributed by atoms with Crippen molar-refractivity contribution in [3.05, 3.63) is 65.5 Å². The lowest BCUT2D eigenvalue weighted by atomic mass is 9.96. The number of carbonyl (C=O) groups is 2. The highest BCUT2D eigenvalue weighted by atomic mass is 16.4. The van der Waals surface area contributed by atoms with Crippen LogP contribution in [0.15, 0.2) is 48.8 Å². The van der Waals surface area contributed by atoms with E-state index < -0.39 is 11.9 Å². The Morgan fingerprint density at radius 3 is 2.50 bits per heavy atom. The van der Waals surface area contributed by atoms with E-state index in [-0.39, 0.29) is 12.5 Å². The van der Waals surface area contributed by atoms with Gasteiger partial charge in [0, 0.05) is 24.5 Å². The van der Waals surface area contributed by atoms with Crippen LogP contribution in [0.5, 0.6) is 0 Å². The zero-order chi connectivity index (χ0) is 15.9. The van der Waals surface area contributed by atoms with Gasteiger partial charge in [0.15, 0.2) is 0 Å². The first-order valence-electron chi connectivity index (χ1n) is 7.03. The normalized spacial score (nSPS) is 11.7. The highest BCUT2D eigenvalue weighted by Gasteiger charge is 2.20. The van der Waals surface area contributed by atoms with Crippen molar-refractivity contribution in [3.63, 3.8) is 0 Å². The van der Waals surface area contributed by atoms with E-state index >= 15 is 0 Å². The molecule has 0 aliphatic heterocycles. The lowest BCUT2D eigenvalue weighted by molar-refractivity contribution is -0.141. The van der Waals surface area contributed by atoms with E-state index in [1.54, 1.807) is 12.1 Å². The summed E-state index contributed by atoms with van der Waals surface area (Å²) in [6.07, 6.45) is 3.44. The summed E-state index contributed by atoms with van der Waals surface area (Å²) in [6, 6.07) is 10.8. The van der Waals surface area contributed by atoms with Crippen LogP contribution in [-0.2, 0) is 11.2 Å². The number of hydrogen-bond donors (Lipinski definition) is 2. The Labute approximate surface area is 129 Å². The minimum absolute atomic E-state index is 0.0881. The lowest BCUT2D eigenvalue weighted by Crippen LogP contribution is -2.34. The molecule has 0 spiro atoms. The largest absolute Gasteiger partial charge is 0.481 e. The molecular formula is C17H18N2O3. The molecule has 5 heteroatoms. The molecular weight excluding hydrogens is 280 g/mol. The van der Waals surface area contributed by atoms with Gasteiger partial charge in [-0.1, -0.05) is 24.3 Å². The molecule has 5 nitrogen and oxygen atoms in total. The van der Waals surface area contributed by atoms with Gasteiger partial charge in [0.1, 0.15) is 0 Å². The summed E-state index contributed by atoms with van der Waals surface area (Å²) in [6.45, 7) is 2.04. The molecule has 0 aliphatic rings. The number of carbonyl (C=O) groups excluding carboxylic acids is 1. The number of carboxylic acids is 1. The van der Waals surface area contributed by atoms with Crippen LogP contribution in [0, 0.1) is 12.8 Å². The van der Waals surface area contributed by atoms with Crippen LogP contribution >= 0.6 is 0 Å². The van der Waals surface area contributed by atoms with Gasteiger partial charge >= 0.3 is 5.97 Å². The van der Waals surface area contributed by atoms with Gasteiger partial charge in [-0.3, -0.25) is 14.6 Å². The third-order valence-corrected chi connectivity index (χ3v) is 3.53. The first-order valence-corrected chi connectivity index (χ1v) is 7.03. The Kier molecular flexibility index (Phi) is 5.25. The fourth-order valence-electron chi connectivity index (χ4n) is 2.17. The van der Waals surface area contributed by atoms with E-state index in [0.29, 0.717) is 12.0 Å². The average Bonchev–Trinajstić information content (AvgIpc) is 2.53. The van der Waals surface area contributed by atoms with E-state index in [0.717, 1.165) is 11.1 Å². The second-order valence-corrected chi connectivity index (χ2v) is 5.11. The van der Waals surface area contributed by atoms with Gasteiger partial charge in [-0.25, -0.2) is 0 Å². The Balaban J connectivity index is 2.00. The molecule has 1 heterocycles. The van der Waals surface area contributed by atoms with E-state index in [2.05, 4.69) is 10.3 Å². The second-order valence-electron chi connectivity index (χ2n) is 5.11. The number of aryl methyl sites for hydroxylation is 1. The maximum Gasteiger partial charge on any atom is 0.308 e.